The van der Waals surface area contributed by atoms with Gasteiger partial charge in [0, 0.05) is 46.7 Å². The van der Waals surface area contributed by atoms with Crippen molar-refractivity contribution < 1.29 is 4.79 Å². The van der Waals surface area contributed by atoms with Crippen LogP contribution < -0.4 is 5.32 Å². The second kappa shape index (κ2) is 7.81. The van der Waals surface area contributed by atoms with Crippen molar-refractivity contribution in [1.82, 2.24) is 19.9 Å². The standard InChI is InChI=1S/C23H15N5OS/c29-22(28-23-27-21(14-30-23)16-6-4-10-25-13-16)18-11-20(15-5-3-9-24-12-15)26-19-8-2-1-7-17(18)19/h1-14H,(H,27,28,29). The third kappa shape index (κ3) is 3.54. The number of nitrogens with zero attached hydrogens (tertiary/aromatic N) is 4. The van der Waals surface area contributed by atoms with Crippen LogP contribution in [0.25, 0.3) is 33.4 Å². The Morgan fingerprint density at radius 1 is 0.833 bits per heavy atom. The molecule has 0 radical (unpaired) electrons. The molecule has 0 aliphatic heterocycles. The average molecular weight is 409 g/mol. The first kappa shape index (κ1) is 18.1. The minimum atomic E-state index is -0.231. The molecule has 0 spiro atoms. The van der Waals surface area contributed by atoms with E-state index in [2.05, 4.69) is 20.3 Å². The number of pyridine rings is 3. The van der Waals surface area contributed by atoms with Crippen LogP contribution in [0.3, 0.4) is 0 Å². The zero-order valence-electron chi connectivity index (χ0n) is 15.7. The number of hydrogen-bond donors (Lipinski definition) is 1. The monoisotopic (exact) mass is 409 g/mol. The van der Waals surface area contributed by atoms with Crippen molar-refractivity contribution in [3.63, 3.8) is 0 Å². The third-order valence-corrected chi connectivity index (χ3v) is 5.36. The lowest BCUT2D eigenvalue weighted by atomic mass is 10.0. The van der Waals surface area contributed by atoms with E-state index in [1.807, 2.05) is 53.9 Å². The number of fused-ring (bicyclic) bond motifs is 1. The number of para-hydroxylation sites is 1. The highest BCUT2D eigenvalue weighted by Gasteiger charge is 2.16. The molecule has 0 saturated carbocycles. The number of carbonyl (C=O) groups is 1. The maximum absolute atomic E-state index is 13.2. The molecule has 6 nitrogen and oxygen atoms in total. The Kier molecular flexibility index (Phi) is 4.71. The summed E-state index contributed by atoms with van der Waals surface area (Å²) in [5, 5.41) is 6.14. The van der Waals surface area contributed by atoms with Gasteiger partial charge in [0.1, 0.15) is 0 Å². The Balaban J connectivity index is 1.51. The van der Waals surface area contributed by atoms with Gasteiger partial charge in [-0.05, 0) is 36.4 Å². The molecular formula is C23H15N5OS. The lowest BCUT2D eigenvalue weighted by Crippen LogP contribution is -2.13. The van der Waals surface area contributed by atoms with Crippen molar-refractivity contribution in [3.05, 3.63) is 90.3 Å². The van der Waals surface area contributed by atoms with Crippen LogP contribution in [-0.2, 0) is 0 Å². The number of carbonyl (C=O) groups excluding carboxylic acids is 1. The van der Waals surface area contributed by atoms with E-state index < -0.39 is 0 Å². The van der Waals surface area contributed by atoms with Crippen molar-refractivity contribution in [3.8, 4) is 22.5 Å². The maximum atomic E-state index is 13.2. The van der Waals surface area contributed by atoms with Gasteiger partial charge >= 0.3 is 0 Å². The number of nitrogens with one attached hydrogen (secondary N) is 1. The smallest absolute Gasteiger partial charge is 0.258 e. The molecule has 4 aromatic heterocycles. The van der Waals surface area contributed by atoms with E-state index in [-0.39, 0.29) is 5.91 Å². The van der Waals surface area contributed by atoms with Gasteiger partial charge < -0.3 is 0 Å². The summed E-state index contributed by atoms with van der Waals surface area (Å²) in [6.07, 6.45) is 6.91. The maximum Gasteiger partial charge on any atom is 0.258 e. The minimum absolute atomic E-state index is 0.231. The summed E-state index contributed by atoms with van der Waals surface area (Å²) in [7, 11) is 0. The van der Waals surface area contributed by atoms with Crippen LogP contribution in [0, 0.1) is 0 Å². The number of anilines is 1. The molecule has 0 aliphatic carbocycles. The van der Waals surface area contributed by atoms with Crippen molar-refractivity contribution in [2.24, 2.45) is 0 Å². The molecule has 30 heavy (non-hydrogen) atoms. The predicted octanol–water partition coefficient (Wildman–Crippen LogP) is 5.07. The highest BCUT2D eigenvalue weighted by Crippen LogP contribution is 2.27. The largest absolute Gasteiger partial charge is 0.298 e. The SMILES string of the molecule is O=C(Nc1nc(-c2cccnc2)cs1)c1cc(-c2cccnc2)nc2ccccc12. The number of benzene rings is 1. The first-order chi connectivity index (χ1) is 14.8. The Hall–Kier alpha value is -3.97. The first-order valence-corrected chi connectivity index (χ1v) is 10.1. The molecule has 5 aromatic rings. The van der Waals surface area contributed by atoms with E-state index in [9.17, 15) is 4.79 Å². The second-order valence-electron chi connectivity index (χ2n) is 6.55. The van der Waals surface area contributed by atoms with Crippen LogP contribution in [0.4, 0.5) is 5.13 Å². The van der Waals surface area contributed by atoms with Crippen LogP contribution in [0.2, 0.25) is 0 Å². The van der Waals surface area contributed by atoms with Crippen molar-refractivity contribution >= 4 is 33.3 Å². The molecule has 5 rings (SSSR count). The molecule has 0 bridgehead atoms. The van der Waals surface area contributed by atoms with Gasteiger partial charge in [-0.2, -0.15) is 0 Å². The average Bonchev–Trinajstić information content (AvgIpc) is 3.28. The summed E-state index contributed by atoms with van der Waals surface area (Å²) in [5.74, 6) is -0.231. The fraction of sp³-hybridized carbons (Fsp3) is 0. The quantitative estimate of drug-likeness (QED) is 0.448. The third-order valence-electron chi connectivity index (χ3n) is 4.60. The molecule has 1 amide bonds. The molecule has 1 aromatic carbocycles. The first-order valence-electron chi connectivity index (χ1n) is 9.25. The predicted molar refractivity (Wildman–Crippen MR) is 118 cm³/mol. The van der Waals surface area contributed by atoms with Gasteiger partial charge in [0.2, 0.25) is 0 Å². The normalized spacial score (nSPS) is 10.8. The molecule has 0 saturated heterocycles. The Bertz CT molecular complexity index is 1340. The fourth-order valence-electron chi connectivity index (χ4n) is 3.17. The zero-order valence-corrected chi connectivity index (χ0v) is 16.5. The van der Waals surface area contributed by atoms with Crippen LogP contribution in [0.15, 0.2) is 84.8 Å². The van der Waals surface area contributed by atoms with E-state index in [1.54, 1.807) is 30.9 Å². The Morgan fingerprint density at radius 3 is 2.30 bits per heavy atom. The molecule has 0 atom stereocenters. The highest BCUT2D eigenvalue weighted by molar-refractivity contribution is 7.14. The molecule has 144 valence electrons. The van der Waals surface area contributed by atoms with E-state index in [1.165, 1.54) is 11.3 Å². The summed E-state index contributed by atoms with van der Waals surface area (Å²) in [6.45, 7) is 0. The molecular weight excluding hydrogens is 394 g/mol. The summed E-state index contributed by atoms with van der Waals surface area (Å²) >= 11 is 1.38. The molecule has 0 unspecified atom stereocenters. The number of rotatable bonds is 4. The van der Waals surface area contributed by atoms with Crippen molar-refractivity contribution in [2.45, 2.75) is 0 Å². The van der Waals surface area contributed by atoms with Gasteiger partial charge in [0.15, 0.2) is 5.13 Å². The summed E-state index contributed by atoms with van der Waals surface area (Å²) in [5.41, 5.74) is 4.52. The molecule has 0 aliphatic rings. The lowest BCUT2D eigenvalue weighted by Gasteiger charge is -2.09. The number of thiazole rings is 1. The van der Waals surface area contributed by atoms with Crippen LogP contribution in [0.5, 0.6) is 0 Å². The molecule has 4 heterocycles. The Morgan fingerprint density at radius 2 is 1.57 bits per heavy atom. The van der Waals surface area contributed by atoms with Gasteiger partial charge in [-0.15, -0.1) is 11.3 Å². The van der Waals surface area contributed by atoms with Crippen LogP contribution in [-0.4, -0.2) is 25.8 Å². The van der Waals surface area contributed by atoms with E-state index in [0.717, 1.165) is 27.7 Å². The van der Waals surface area contributed by atoms with E-state index in [4.69, 9.17) is 4.98 Å². The summed E-state index contributed by atoms with van der Waals surface area (Å²) in [6, 6.07) is 17.0. The summed E-state index contributed by atoms with van der Waals surface area (Å²) < 4.78 is 0. The van der Waals surface area contributed by atoms with Gasteiger partial charge in [0.25, 0.3) is 5.91 Å². The fourth-order valence-corrected chi connectivity index (χ4v) is 3.88. The number of hydrogen-bond acceptors (Lipinski definition) is 6. The van der Waals surface area contributed by atoms with Gasteiger partial charge in [-0.1, -0.05) is 18.2 Å². The molecule has 7 heteroatoms. The van der Waals surface area contributed by atoms with Gasteiger partial charge in [-0.3, -0.25) is 20.1 Å². The second-order valence-corrected chi connectivity index (χ2v) is 7.41. The minimum Gasteiger partial charge on any atom is -0.298 e. The number of aromatic nitrogens is 4. The van der Waals surface area contributed by atoms with Crippen LogP contribution >= 0.6 is 11.3 Å². The zero-order chi connectivity index (χ0) is 20.3. The van der Waals surface area contributed by atoms with Gasteiger partial charge in [-0.25, -0.2) is 9.97 Å². The highest BCUT2D eigenvalue weighted by atomic mass is 32.1. The van der Waals surface area contributed by atoms with E-state index in [0.29, 0.717) is 16.4 Å². The Labute approximate surface area is 176 Å². The van der Waals surface area contributed by atoms with Crippen molar-refractivity contribution in [2.75, 3.05) is 5.32 Å². The lowest BCUT2D eigenvalue weighted by molar-refractivity contribution is 0.102. The van der Waals surface area contributed by atoms with Crippen molar-refractivity contribution in [1.29, 1.82) is 0 Å². The molecule has 0 fully saturated rings. The van der Waals surface area contributed by atoms with Gasteiger partial charge in [0.05, 0.1) is 22.5 Å². The number of amides is 1. The molecule has 1 N–H and O–H groups in total. The van der Waals surface area contributed by atoms with Crippen LogP contribution in [0.1, 0.15) is 10.4 Å². The topological polar surface area (TPSA) is 80.7 Å². The van der Waals surface area contributed by atoms with E-state index >= 15 is 0 Å². The summed E-state index contributed by atoms with van der Waals surface area (Å²) in [4.78, 5) is 30.7.